The highest BCUT2D eigenvalue weighted by Crippen LogP contribution is 2.70. The van der Waals surface area contributed by atoms with Crippen LogP contribution in [0.15, 0.2) is 42.0 Å². The molecule has 9 rings (SSSR count). The van der Waals surface area contributed by atoms with Crippen molar-refractivity contribution in [3.8, 4) is 0 Å². The fraction of sp³-hybridized carbons (Fsp3) is 0.821. The highest BCUT2D eigenvalue weighted by molar-refractivity contribution is 5.89. The Kier molecular flexibility index (Phi) is 17.0. The normalized spacial score (nSPS) is 48.4. The number of carbonyl (C=O) groups excluding carboxylic acids is 2. The lowest BCUT2D eigenvalue weighted by Crippen LogP contribution is -2.75. The number of aliphatic hydroxyl groups is 3. The third-order valence-corrected chi connectivity index (χ3v) is 19.2. The minimum atomic E-state index is -1.68. The topological polar surface area (TPSA) is 215 Å². The van der Waals surface area contributed by atoms with Gasteiger partial charge in [-0.2, -0.15) is 0 Å². The number of ether oxygens (including phenoxy) is 13. The van der Waals surface area contributed by atoms with Gasteiger partial charge in [-0.25, -0.2) is 4.79 Å². The van der Waals surface area contributed by atoms with E-state index in [-0.39, 0.29) is 36.9 Å². The zero-order valence-electron chi connectivity index (χ0n) is 45.3. The minimum absolute atomic E-state index is 0.0822. The second-order valence-corrected chi connectivity index (χ2v) is 23.1. The van der Waals surface area contributed by atoms with Crippen LogP contribution in [0, 0.1) is 22.7 Å². The van der Waals surface area contributed by atoms with E-state index in [9.17, 15) is 24.9 Å². The third kappa shape index (κ3) is 10.1. The quantitative estimate of drug-likeness (QED) is 0.141. The molecular formula is C56H84O18. The maximum absolute atomic E-state index is 13.7. The van der Waals surface area contributed by atoms with Crippen molar-refractivity contribution in [2.75, 3.05) is 28.4 Å². The molecule has 74 heavy (non-hydrogen) atoms. The number of methoxy groups -OCH3 is 4. The molecule has 1 aromatic carbocycles. The Morgan fingerprint density at radius 2 is 1.12 bits per heavy atom. The first kappa shape index (κ1) is 56.2. The van der Waals surface area contributed by atoms with E-state index in [1.165, 1.54) is 6.92 Å². The van der Waals surface area contributed by atoms with Gasteiger partial charge in [0.1, 0.15) is 47.5 Å². The summed E-state index contributed by atoms with van der Waals surface area (Å²) in [6, 6.07) is 8.78. The first-order valence-electron chi connectivity index (χ1n) is 27.1. The Morgan fingerprint density at radius 1 is 0.635 bits per heavy atom. The maximum atomic E-state index is 13.7. The summed E-state index contributed by atoms with van der Waals surface area (Å²) in [5.41, 5.74) is -3.42. The van der Waals surface area contributed by atoms with Crippen molar-refractivity contribution in [2.24, 2.45) is 22.7 Å². The molecule has 0 aromatic heterocycles. The van der Waals surface area contributed by atoms with Crippen LogP contribution < -0.4 is 0 Å². The number of ketones is 1. The highest BCUT2D eigenvalue weighted by Gasteiger charge is 2.77. The molecule has 1 aromatic rings. The Balaban J connectivity index is 0.803. The number of hydrogen-bond donors (Lipinski definition) is 3. The summed E-state index contributed by atoms with van der Waals surface area (Å²) in [6.07, 6.45) is -2.17. The predicted molar refractivity (Wildman–Crippen MR) is 264 cm³/mol. The Hall–Kier alpha value is -2.50. The molecule has 4 aliphatic heterocycles. The molecule has 0 bridgehead atoms. The molecular weight excluding hydrogens is 961 g/mol. The molecule has 4 heterocycles. The summed E-state index contributed by atoms with van der Waals surface area (Å²) in [4.78, 5) is 27.0. The van der Waals surface area contributed by atoms with Crippen molar-refractivity contribution in [1.29, 1.82) is 0 Å². The third-order valence-electron chi connectivity index (χ3n) is 19.2. The molecule has 3 saturated carbocycles. The van der Waals surface area contributed by atoms with Crippen molar-refractivity contribution < 1.29 is 86.5 Å². The molecule has 8 aliphatic rings. The van der Waals surface area contributed by atoms with Gasteiger partial charge in [0.05, 0.1) is 60.5 Å². The van der Waals surface area contributed by atoms with Gasteiger partial charge in [-0.3, -0.25) is 4.79 Å². The largest absolute Gasteiger partial charge is 0.458 e. The monoisotopic (exact) mass is 1040 g/mol. The van der Waals surface area contributed by atoms with Crippen molar-refractivity contribution in [2.45, 2.75) is 241 Å². The molecule has 0 spiro atoms. The van der Waals surface area contributed by atoms with Gasteiger partial charge in [-0.15, -0.1) is 0 Å². The van der Waals surface area contributed by atoms with Crippen LogP contribution >= 0.6 is 0 Å². The number of carbonyl (C=O) groups is 2. The van der Waals surface area contributed by atoms with Crippen LogP contribution in [0.1, 0.15) is 129 Å². The van der Waals surface area contributed by atoms with Gasteiger partial charge < -0.3 is 76.9 Å². The van der Waals surface area contributed by atoms with Crippen LogP contribution in [0.5, 0.6) is 0 Å². The second kappa shape index (κ2) is 22.3. The standard InChI is InChI=1S/C56H84O18/c1-29(57)37-19-22-56(61)54(37,7)43(71-52(59)34-15-13-12-14-16-34)28-42-53(6)20-18-36(23-35(53)17-21-55(42,56)60)70-44-25-39(63-9)49(31(3)67-44)73-46-27-41(65-11)51(33(5)69-46)74-47-26-40(64-10)50(32(4)68-47)72-45-24-38(62-8)48(58)30(2)66-45/h12-17,30-33,36-51,58,60-61H,18-28H2,1-11H3/t30-,31+,32+,33+,36-,37-,38+,39-,40+,41-,42+,43+,44-,45-,46-,47-,48-,49+,50+,51+,53-,54-,55-,56+/m0/s1. The highest BCUT2D eigenvalue weighted by atomic mass is 16.8. The summed E-state index contributed by atoms with van der Waals surface area (Å²) >= 11 is 0. The average molecular weight is 1050 g/mol. The van der Waals surface area contributed by atoms with E-state index in [0.717, 1.165) is 5.57 Å². The number of aliphatic hydroxyl groups excluding tert-OH is 1. The SMILES string of the molecule is CO[C@H]1C[C@H](O[C@H]2CC[C@@]3(C)C(=CC[C@]4(O)[C@@H]3C[C@@H](OC(=O)c3ccccc3)[C@]3(C)[C@H](C(C)=O)CC[C@@]34O)C2)O[C@H](C)[C@H]1O[C@H]1C[C@H](OC)[C@H](O[C@H]2C[C@@H](OC)[C@H](O[C@H]3C[C@@H](OC)[C@@H](O)[C@H](C)O3)[C@@H](C)O2)[C@@H](C)O1. The van der Waals surface area contributed by atoms with Gasteiger partial charge in [0.15, 0.2) is 25.2 Å². The van der Waals surface area contributed by atoms with Gasteiger partial charge in [0.25, 0.3) is 0 Å². The molecule has 3 N–H and O–H groups in total. The molecule has 7 fully saturated rings. The molecule has 4 saturated heterocycles. The lowest BCUT2D eigenvalue weighted by Gasteiger charge is -2.66. The van der Waals surface area contributed by atoms with E-state index in [4.69, 9.17) is 61.6 Å². The van der Waals surface area contributed by atoms with Gasteiger partial charge >= 0.3 is 5.97 Å². The van der Waals surface area contributed by atoms with Gasteiger partial charge in [0.2, 0.25) is 0 Å². The number of rotatable bonds is 15. The number of hydrogen-bond acceptors (Lipinski definition) is 18. The fourth-order valence-corrected chi connectivity index (χ4v) is 14.9. The first-order valence-corrected chi connectivity index (χ1v) is 27.1. The summed E-state index contributed by atoms with van der Waals surface area (Å²) in [7, 11) is 6.52. The fourth-order valence-electron chi connectivity index (χ4n) is 14.9. The van der Waals surface area contributed by atoms with E-state index < -0.39 is 132 Å². The zero-order valence-corrected chi connectivity index (χ0v) is 45.3. The molecule has 18 heteroatoms. The van der Waals surface area contributed by atoms with Gasteiger partial charge in [-0.1, -0.05) is 43.7 Å². The molecule has 4 aliphatic carbocycles. The van der Waals surface area contributed by atoms with Crippen LogP contribution in [0.3, 0.4) is 0 Å². The Bertz CT molecular complexity index is 2130. The minimum Gasteiger partial charge on any atom is -0.458 e. The van der Waals surface area contributed by atoms with Crippen molar-refractivity contribution >= 4 is 11.8 Å². The van der Waals surface area contributed by atoms with Gasteiger partial charge in [0, 0.05) is 71.4 Å². The smallest absolute Gasteiger partial charge is 0.338 e. The molecule has 0 unspecified atom stereocenters. The summed E-state index contributed by atoms with van der Waals surface area (Å²) in [6.45, 7) is 13.1. The lowest BCUT2D eigenvalue weighted by atomic mass is 9.43. The Labute approximate surface area is 436 Å². The number of fused-ring (bicyclic) bond motifs is 5. The number of esters is 1. The molecule has 0 radical (unpaired) electrons. The summed E-state index contributed by atoms with van der Waals surface area (Å²) < 4.78 is 81.8. The summed E-state index contributed by atoms with van der Waals surface area (Å²) in [5.74, 6) is -1.62. The number of Topliss-reactive ketones (excluding diaryl/α,β-unsaturated/α-hetero) is 1. The Morgan fingerprint density at radius 3 is 1.62 bits per heavy atom. The lowest BCUT2D eigenvalue weighted by molar-refractivity contribution is -0.347. The van der Waals surface area contributed by atoms with Crippen molar-refractivity contribution in [1.82, 2.24) is 0 Å². The molecule has 24 atom stereocenters. The molecule has 416 valence electrons. The van der Waals surface area contributed by atoms with Crippen LogP contribution in [0.4, 0.5) is 0 Å². The second-order valence-electron chi connectivity index (χ2n) is 23.1. The van der Waals surface area contributed by atoms with E-state index in [1.54, 1.807) is 59.6 Å². The first-order chi connectivity index (χ1) is 35.2. The average Bonchev–Trinajstić information content (AvgIpc) is 3.77. The predicted octanol–water partition coefficient (Wildman–Crippen LogP) is 5.72. The van der Waals surface area contributed by atoms with Gasteiger partial charge in [-0.05, 0) is 97.1 Å². The van der Waals surface area contributed by atoms with Crippen LogP contribution in [-0.2, 0) is 66.4 Å². The van der Waals surface area contributed by atoms with Crippen molar-refractivity contribution in [3.63, 3.8) is 0 Å². The van der Waals surface area contributed by atoms with Crippen LogP contribution in [0.2, 0.25) is 0 Å². The maximum Gasteiger partial charge on any atom is 0.338 e. The van der Waals surface area contributed by atoms with Crippen LogP contribution in [-0.4, -0.2) is 177 Å². The van der Waals surface area contributed by atoms with Crippen LogP contribution in [0.25, 0.3) is 0 Å². The molecule has 0 amide bonds. The van der Waals surface area contributed by atoms with E-state index in [0.29, 0.717) is 63.4 Å². The van der Waals surface area contributed by atoms with E-state index in [2.05, 4.69) is 13.0 Å². The summed E-state index contributed by atoms with van der Waals surface area (Å²) in [5, 5.41) is 36.4. The zero-order chi connectivity index (χ0) is 53.1. The van der Waals surface area contributed by atoms with E-state index in [1.807, 2.05) is 33.8 Å². The van der Waals surface area contributed by atoms with E-state index >= 15 is 0 Å². The molecule has 18 nitrogen and oxygen atoms in total. The van der Waals surface area contributed by atoms with Crippen molar-refractivity contribution in [3.05, 3.63) is 47.5 Å². The number of benzene rings is 1.